The standard InChI is InChI=1S/C28H37N5O5/c1-7-8-9-11-18(2)20(4)32(5)28(36)37-17-24-26(30-31-33(24)6)23-14-15-25(19(3)29-23)38-22-13-10-12-21(16-22)27(34)35/h7-9,11,14-15,20-22H,1,10,12-13,16-17H2,2-6H3,(H,34,35)/b9-8-,18-11+/t20-,21+,22+/m1/s1. The number of hydrogen-bond donors (Lipinski definition) is 1. The van der Waals surface area contributed by atoms with Crippen LogP contribution in [0.4, 0.5) is 4.79 Å². The van der Waals surface area contributed by atoms with Crippen LogP contribution < -0.4 is 4.74 Å². The molecule has 1 aliphatic carbocycles. The molecule has 3 rings (SSSR count). The van der Waals surface area contributed by atoms with Gasteiger partial charge >= 0.3 is 12.1 Å². The van der Waals surface area contributed by atoms with Crippen molar-refractivity contribution in [1.29, 1.82) is 0 Å². The summed E-state index contributed by atoms with van der Waals surface area (Å²) in [6, 6.07) is 3.44. The van der Waals surface area contributed by atoms with E-state index in [0.29, 0.717) is 41.4 Å². The topological polar surface area (TPSA) is 120 Å². The third kappa shape index (κ3) is 7.08. The van der Waals surface area contributed by atoms with Gasteiger partial charge in [0.15, 0.2) is 0 Å². The van der Waals surface area contributed by atoms with Crippen LogP contribution in [0.3, 0.4) is 0 Å². The fourth-order valence-corrected chi connectivity index (χ4v) is 4.32. The minimum absolute atomic E-state index is 0.0223. The molecule has 1 N–H and O–H groups in total. The van der Waals surface area contributed by atoms with Crippen molar-refractivity contribution in [3.63, 3.8) is 0 Å². The number of allylic oxidation sites excluding steroid dienone is 4. The van der Waals surface area contributed by atoms with Gasteiger partial charge in [-0.05, 0) is 58.6 Å². The molecular formula is C28H37N5O5. The third-order valence-corrected chi connectivity index (χ3v) is 6.96. The van der Waals surface area contributed by atoms with Crippen molar-refractivity contribution < 1.29 is 24.2 Å². The van der Waals surface area contributed by atoms with Gasteiger partial charge < -0.3 is 19.5 Å². The third-order valence-electron chi connectivity index (χ3n) is 6.96. The molecule has 1 aliphatic rings. The summed E-state index contributed by atoms with van der Waals surface area (Å²) in [6.45, 7) is 9.34. The zero-order valence-corrected chi connectivity index (χ0v) is 22.8. The number of ether oxygens (including phenoxy) is 2. The highest BCUT2D eigenvalue weighted by Crippen LogP contribution is 2.30. The predicted octanol–water partition coefficient (Wildman–Crippen LogP) is 4.85. The van der Waals surface area contributed by atoms with Crippen LogP contribution in [-0.2, 0) is 23.2 Å². The fraction of sp³-hybridized carbons (Fsp3) is 0.464. The van der Waals surface area contributed by atoms with Gasteiger partial charge in [-0.25, -0.2) is 14.5 Å². The Labute approximate surface area is 223 Å². The lowest BCUT2D eigenvalue weighted by atomic mass is 9.87. The number of aromatic nitrogens is 4. The van der Waals surface area contributed by atoms with Crippen LogP contribution >= 0.6 is 0 Å². The molecule has 10 heteroatoms. The molecule has 0 saturated heterocycles. The van der Waals surface area contributed by atoms with Gasteiger partial charge in [-0.2, -0.15) is 0 Å². The number of aryl methyl sites for hydroxylation is 2. The van der Waals surface area contributed by atoms with E-state index in [1.54, 1.807) is 30.9 Å². The van der Waals surface area contributed by atoms with Gasteiger partial charge in [0, 0.05) is 14.1 Å². The van der Waals surface area contributed by atoms with Gasteiger partial charge in [0.25, 0.3) is 0 Å². The van der Waals surface area contributed by atoms with Gasteiger partial charge in [0.2, 0.25) is 0 Å². The summed E-state index contributed by atoms with van der Waals surface area (Å²) in [6.07, 6.45) is 9.51. The van der Waals surface area contributed by atoms with E-state index in [1.165, 1.54) is 4.90 Å². The number of carbonyl (C=O) groups is 2. The van der Waals surface area contributed by atoms with Gasteiger partial charge in [-0.3, -0.25) is 4.79 Å². The Hall–Kier alpha value is -3.95. The molecule has 0 bridgehead atoms. The Morgan fingerprint density at radius 3 is 2.76 bits per heavy atom. The highest BCUT2D eigenvalue weighted by atomic mass is 16.6. The maximum atomic E-state index is 12.7. The number of hydrogen-bond acceptors (Lipinski definition) is 7. The lowest BCUT2D eigenvalue weighted by molar-refractivity contribution is -0.143. The highest BCUT2D eigenvalue weighted by molar-refractivity contribution is 5.70. The molecule has 0 spiro atoms. The van der Waals surface area contributed by atoms with E-state index >= 15 is 0 Å². The number of likely N-dealkylation sites (N-methyl/N-ethyl adjacent to an activating group) is 1. The number of carboxylic acid groups (broad SMARTS) is 1. The summed E-state index contributed by atoms with van der Waals surface area (Å²) in [5.41, 5.74) is 3.36. The summed E-state index contributed by atoms with van der Waals surface area (Å²) < 4.78 is 13.3. The number of rotatable bonds is 10. The number of carbonyl (C=O) groups excluding carboxylic acids is 1. The first kappa shape index (κ1) is 28.6. The Kier molecular flexibility index (Phi) is 9.81. The van der Waals surface area contributed by atoms with Crippen LogP contribution in [0.2, 0.25) is 0 Å². The van der Waals surface area contributed by atoms with Crippen LogP contribution in [0.5, 0.6) is 5.75 Å². The lowest BCUT2D eigenvalue weighted by Crippen LogP contribution is -2.36. The van der Waals surface area contributed by atoms with Gasteiger partial charge in [0.1, 0.15) is 23.7 Å². The summed E-state index contributed by atoms with van der Waals surface area (Å²) in [7, 11) is 3.43. The van der Waals surface area contributed by atoms with Crippen LogP contribution in [0.1, 0.15) is 50.9 Å². The first-order valence-corrected chi connectivity index (χ1v) is 12.7. The lowest BCUT2D eigenvalue weighted by Gasteiger charge is -2.27. The van der Waals surface area contributed by atoms with E-state index in [2.05, 4.69) is 21.9 Å². The zero-order valence-electron chi connectivity index (χ0n) is 22.8. The van der Waals surface area contributed by atoms with Crippen molar-refractivity contribution in [2.45, 2.75) is 65.2 Å². The second kappa shape index (κ2) is 13.0. The number of amides is 1. The van der Waals surface area contributed by atoms with E-state index in [0.717, 1.165) is 18.4 Å². The molecule has 0 aliphatic heterocycles. The molecule has 0 radical (unpaired) electrons. The summed E-state index contributed by atoms with van der Waals surface area (Å²) in [5, 5.41) is 17.7. The van der Waals surface area contributed by atoms with Crippen LogP contribution in [-0.4, -0.2) is 61.2 Å². The SMILES string of the molecule is C=C/C=C\C=C(/C)[C@@H](C)N(C)C(=O)OCc1c(-c2ccc(O[C@H]3CCC[C@H](C(=O)O)C3)c(C)n2)nnn1C. The normalized spacial score (nSPS) is 18.7. The van der Waals surface area contributed by atoms with E-state index in [-0.39, 0.29) is 24.7 Å². The molecule has 2 heterocycles. The largest absolute Gasteiger partial charge is 0.489 e. The molecule has 0 unspecified atom stereocenters. The first-order valence-electron chi connectivity index (χ1n) is 12.7. The first-order chi connectivity index (χ1) is 18.1. The Morgan fingerprint density at radius 1 is 1.32 bits per heavy atom. The average Bonchev–Trinajstić information content (AvgIpc) is 3.27. The van der Waals surface area contributed by atoms with Crippen LogP contribution in [0.25, 0.3) is 11.4 Å². The van der Waals surface area contributed by atoms with E-state index < -0.39 is 12.1 Å². The van der Waals surface area contributed by atoms with Crippen molar-refractivity contribution in [3.8, 4) is 17.1 Å². The molecule has 0 aromatic carbocycles. The second-order valence-electron chi connectivity index (χ2n) is 9.60. The maximum Gasteiger partial charge on any atom is 0.410 e. The molecule has 2 aromatic rings. The van der Waals surface area contributed by atoms with Crippen molar-refractivity contribution in [1.82, 2.24) is 24.9 Å². The number of carboxylic acids is 1. The molecule has 1 fully saturated rings. The smallest absolute Gasteiger partial charge is 0.410 e. The van der Waals surface area contributed by atoms with Crippen LogP contribution in [0.15, 0.2) is 48.6 Å². The Bertz CT molecular complexity index is 1220. The van der Waals surface area contributed by atoms with E-state index in [1.807, 2.05) is 45.1 Å². The molecule has 3 atom stereocenters. The molecule has 38 heavy (non-hydrogen) atoms. The number of aliphatic carboxylic acids is 1. The molecule has 1 saturated carbocycles. The van der Waals surface area contributed by atoms with Crippen LogP contribution in [0, 0.1) is 12.8 Å². The molecule has 2 aromatic heterocycles. The van der Waals surface area contributed by atoms with Crippen molar-refractivity contribution in [3.05, 3.63) is 60.0 Å². The average molecular weight is 524 g/mol. The molecule has 10 nitrogen and oxygen atoms in total. The van der Waals surface area contributed by atoms with Crippen molar-refractivity contribution in [2.24, 2.45) is 13.0 Å². The Morgan fingerprint density at radius 2 is 2.08 bits per heavy atom. The van der Waals surface area contributed by atoms with Crippen molar-refractivity contribution >= 4 is 12.1 Å². The monoisotopic (exact) mass is 523 g/mol. The Balaban J connectivity index is 1.68. The van der Waals surface area contributed by atoms with Gasteiger partial charge in [-0.15, -0.1) is 5.10 Å². The quantitative estimate of drug-likeness (QED) is 0.439. The van der Waals surface area contributed by atoms with Crippen molar-refractivity contribution in [2.75, 3.05) is 7.05 Å². The number of nitrogens with zero attached hydrogens (tertiary/aromatic N) is 5. The number of pyridine rings is 1. The summed E-state index contributed by atoms with van der Waals surface area (Å²) in [4.78, 5) is 30.3. The predicted molar refractivity (Wildman–Crippen MR) is 143 cm³/mol. The molecule has 204 valence electrons. The fourth-order valence-electron chi connectivity index (χ4n) is 4.32. The second-order valence-corrected chi connectivity index (χ2v) is 9.60. The van der Waals surface area contributed by atoms with E-state index in [9.17, 15) is 14.7 Å². The minimum atomic E-state index is -0.771. The summed E-state index contributed by atoms with van der Waals surface area (Å²) >= 11 is 0. The maximum absolute atomic E-state index is 12.7. The highest BCUT2D eigenvalue weighted by Gasteiger charge is 2.29. The molecule has 1 amide bonds. The van der Waals surface area contributed by atoms with E-state index in [4.69, 9.17) is 9.47 Å². The molecular weight excluding hydrogens is 486 g/mol. The minimum Gasteiger partial charge on any atom is -0.489 e. The summed E-state index contributed by atoms with van der Waals surface area (Å²) in [5.74, 6) is -0.529. The van der Waals surface area contributed by atoms with Gasteiger partial charge in [0.05, 0.1) is 29.5 Å². The zero-order chi connectivity index (χ0) is 27.8. The van der Waals surface area contributed by atoms with Gasteiger partial charge in [-0.1, -0.05) is 41.7 Å².